The minimum Gasteiger partial charge on any atom is -0.493 e. The first-order chi connectivity index (χ1) is 13.7. The van der Waals surface area contributed by atoms with Crippen molar-refractivity contribution in [1.82, 2.24) is 25.4 Å². The zero-order valence-electron chi connectivity index (χ0n) is 15.3. The summed E-state index contributed by atoms with van der Waals surface area (Å²) in [6, 6.07) is 13.7. The van der Waals surface area contributed by atoms with E-state index in [-0.39, 0.29) is 17.7 Å². The summed E-state index contributed by atoms with van der Waals surface area (Å²) in [5, 5.41) is 19.2. The Labute approximate surface area is 160 Å². The largest absolute Gasteiger partial charge is 0.493 e. The van der Waals surface area contributed by atoms with Gasteiger partial charge in [0.25, 0.3) is 5.56 Å². The minimum absolute atomic E-state index is 0.108. The van der Waals surface area contributed by atoms with Gasteiger partial charge in [0.1, 0.15) is 11.6 Å². The Hall–Kier alpha value is -3.52. The van der Waals surface area contributed by atoms with Crippen molar-refractivity contribution in [2.45, 2.75) is 13.3 Å². The Balaban J connectivity index is 1.80. The van der Waals surface area contributed by atoms with Crippen LogP contribution in [0.4, 0.5) is 0 Å². The van der Waals surface area contributed by atoms with E-state index in [0.717, 1.165) is 16.7 Å². The van der Waals surface area contributed by atoms with Crippen LogP contribution in [-0.2, 0) is 6.42 Å². The van der Waals surface area contributed by atoms with Crippen molar-refractivity contribution >= 4 is 11.2 Å². The third kappa shape index (κ3) is 3.37. The highest BCUT2D eigenvalue weighted by molar-refractivity contribution is 5.76. The molecule has 2 aromatic heterocycles. The molecule has 0 aliphatic rings. The number of hydrogen-bond donors (Lipinski definition) is 3. The molecule has 0 unspecified atom stereocenters. The van der Waals surface area contributed by atoms with Gasteiger partial charge in [0.05, 0.1) is 12.2 Å². The fraction of sp³-hybridized carbons (Fsp3) is 0.200. The molecule has 0 radical (unpaired) electrons. The van der Waals surface area contributed by atoms with Crippen molar-refractivity contribution in [3.05, 3.63) is 58.4 Å². The second-order valence-electron chi connectivity index (χ2n) is 6.24. The number of aliphatic hydroxyl groups is 1. The summed E-state index contributed by atoms with van der Waals surface area (Å²) < 4.78 is 5.82. The zero-order chi connectivity index (χ0) is 19.5. The lowest BCUT2D eigenvalue weighted by Crippen LogP contribution is -2.10. The van der Waals surface area contributed by atoms with Crippen LogP contribution in [0.1, 0.15) is 12.5 Å². The maximum absolute atomic E-state index is 12.2. The van der Waals surface area contributed by atoms with Gasteiger partial charge in [0, 0.05) is 6.61 Å². The van der Waals surface area contributed by atoms with Gasteiger partial charge in [-0.25, -0.2) is 10.1 Å². The maximum atomic E-state index is 12.2. The SMILES string of the molecule is CCOc1cc(-c2cccc(CCO)c2)ccc1-c1nc2[nH]nnc2c(=O)[nH]1. The van der Waals surface area contributed by atoms with Crippen LogP contribution in [0.2, 0.25) is 0 Å². The van der Waals surface area contributed by atoms with Crippen molar-refractivity contribution in [1.29, 1.82) is 0 Å². The molecule has 2 heterocycles. The Morgan fingerprint density at radius 2 is 2.00 bits per heavy atom. The predicted molar refractivity (Wildman–Crippen MR) is 105 cm³/mol. The van der Waals surface area contributed by atoms with Gasteiger partial charge >= 0.3 is 0 Å². The number of ether oxygens (including phenoxy) is 1. The Kier molecular flexibility index (Phi) is 4.86. The normalized spacial score (nSPS) is 11.1. The highest BCUT2D eigenvalue weighted by atomic mass is 16.5. The summed E-state index contributed by atoms with van der Waals surface area (Å²) in [6.07, 6.45) is 0.605. The molecule has 8 heteroatoms. The molecule has 8 nitrogen and oxygen atoms in total. The van der Waals surface area contributed by atoms with E-state index in [1.54, 1.807) is 0 Å². The summed E-state index contributed by atoms with van der Waals surface area (Å²) in [5.74, 6) is 0.995. The highest BCUT2D eigenvalue weighted by Crippen LogP contribution is 2.33. The van der Waals surface area contributed by atoms with Gasteiger partial charge in [0.2, 0.25) is 0 Å². The van der Waals surface area contributed by atoms with Crippen LogP contribution >= 0.6 is 0 Å². The van der Waals surface area contributed by atoms with Crippen LogP contribution in [0.5, 0.6) is 5.75 Å². The second-order valence-corrected chi connectivity index (χ2v) is 6.24. The van der Waals surface area contributed by atoms with Crippen LogP contribution < -0.4 is 10.3 Å². The lowest BCUT2D eigenvalue weighted by Gasteiger charge is -2.12. The van der Waals surface area contributed by atoms with Crippen molar-refractivity contribution in [3.63, 3.8) is 0 Å². The molecule has 0 amide bonds. The molecule has 0 saturated heterocycles. The molecule has 0 aliphatic carbocycles. The lowest BCUT2D eigenvalue weighted by atomic mass is 10.00. The fourth-order valence-electron chi connectivity index (χ4n) is 3.10. The Bertz CT molecular complexity index is 1180. The molecule has 0 saturated carbocycles. The summed E-state index contributed by atoms with van der Waals surface area (Å²) in [5.41, 5.74) is 3.85. The van der Waals surface area contributed by atoms with Crippen molar-refractivity contribution in [2.24, 2.45) is 0 Å². The van der Waals surface area contributed by atoms with Crippen LogP contribution in [0.25, 0.3) is 33.7 Å². The molecule has 0 bridgehead atoms. The topological polar surface area (TPSA) is 117 Å². The summed E-state index contributed by atoms with van der Waals surface area (Å²) in [7, 11) is 0. The van der Waals surface area contributed by atoms with Crippen molar-refractivity contribution < 1.29 is 9.84 Å². The van der Waals surface area contributed by atoms with E-state index < -0.39 is 0 Å². The van der Waals surface area contributed by atoms with Crippen molar-refractivity contribution in [3.8, 4) is 28.3 Å². The molecule has 0 spiro atoms. The second kappa shape index (κ2) is 7.61. The molecule has 2 aromatic carbocycles. The molecular weight excluding hydrogens is 358 g/mol. The first-order valence-electron chi connectivity index (χ1n) is 8.98. The van der Waals surface area contributed by atoms with E-state index >= 15 is 0 Å². The number of nitrogens with one attached hydrogen (secondary N) is 2. The van der Waals surface area contributed by atoms with Crippen LogP contribution in [-0.4, -0.2) is 43.7 Å². The first-order valence-corrected chi connectivity index (χ1v) is 8.98. The number of benzene rings is 2. The standard InChI is InChI=1S/C20H19N5O3/c1-2-28-16-11-14(13-5-3-4-12(10-13)8-9-26)6-7-15(16)18-21-19-17(20(27)22-18)23-25-24-19/h3-7,10-11,26H,2,8-9H2,1H3,(H2,21,22,23,24,25,27). The van der Waals surface area contributed by atoms with Crippen LogP contribution in [0.15, 0.2) is 47.3 Å². The third-order valence-corrected chi connectivity index (χ3v) is 4.40. The molecule has 4 aromatic rings. The van der Waals surface area contributed by atoms with Gasteiger partial charge < -0.3 is 14.8 Å². The van der Waals surface area contributed by atoms with E-state index in [0.29, 0.717) is 35.8 Å². The molecule has 0 fully saturated rings. The summed E-state index contributed by atoms with van der Waals surface area (Å²) in [6.45, 7) is 2.48. The Morgan fingerprint density at radius 1 is 1.14 bits per heavy atom. The van der Waals surface area contributed by atoms with Gasteiger partial charge in [0.15, 0.2) is 11.2 Å². The van der Waals surface area contributed by atoms with E-state index in [4.69, 9.17) is 4.74 Å². The maximum Gasteiger partial charge on any atom is 0.281 e. The average molecular weight is 377 g/mol. The minimum atomic E-state index is -0.364. The number of aromatic nitrogens is 5. The molecule has 142 valence electrons. The highest BCUT2D eigenvalue weighted by Gasteiger charge is 2.14. The van der Waals surface area contributed by atoms with E-state index in [9.17, 15) is 9.90 Å². The molecule has 0 atom stereocenters. The molecule has 28 heavy (non-hydrogen) atoms. The third-order valence-electron chi connectivity index (χ3n) is 4.40. The monoisotopic (exact) mass is 377 g/mol. The van der Waals surface area contributed by atoms with Gasteiger partial charge in [-0.3, -0.25) is 4.79 Å². The lowest BCUT2D eigenvalue weighted by molar-refractivity contribution is 0.299. The summed E-state index contributed by atoms with van der Waals surface area (Å²) >= 11 is 0. The smallest absolute Gasteiger partial charge is 0.281 e. The number of rotatable bonds is 6. The molecule has 4 rings (SSSR count). The van der Waals surface area contributed by atoms with Crippen LogP contribution in [0.3, 0.4) is 0 Å². The average Bonchev–Trinajstić information content (AvgIpc) is 3.18. The number of nitrogens with zero attached hydrogens (tertiary/aromatic N) is 3. The van der Waals surface area contributed by atoms with E-state index in [1.807, 2.05) is 49.4 Å². The van der Waals surface area contributed by atoms with Crippen LogP contribution in [0, 0.1) is 0 Å². The van der Waals surface area contributed by atoms with Gasteiger partial charge in [-0.15, -0.1) is 5.10 Å². The summed E-state index contributed by atoms with van der Waals surface area (Å²) in [4.78, 5) is 19.4. The molecular formula is C20H19N5O3. The van der Waals surface area contributed by atoms with E-state index in [2.05, 4.69) is 25.4 Å². The van der Waals surface area contributed by atoms with E-state index in [1.165, 1.54) is 0 Å². The zero-order valence-corrected chi connectivity index (χ0v) is 15.3. The van der Waals surface area contributed by atoms with Gasteiger partial charge in [-0.05, 0) is 42.2 Å². The first kappa shape index (κ1) is 17.9. The predicted octanol–water partition coefficient (Wildman–Crippen LogP) is 2.31. The van der Waals surface area contributed by atoms with Crippen molar-refractivity contribution in [2.75, 3.05) is 13.2 Å². The number of fused-ring (bicyclic) bond motifs is 1. The van der Waals surface area contributed by atoms with Gasteiger partial charge in [-0.2, -0.15) is 0 Å². The number of aromatic amines is 2. The Morgan fingerprint density at radius 3 is 2.82 bits per heavy atom. The number of hydrogen-bond acceptors (Lipinski definition) is 6. The fourth-order valence-corrected chi connectivity index (χ4v) is 3.10. The van der Waals surface area contributed by atoms with Gasteiger partial charge in [-0.1, -0.05) is 35.5 Å². The quantitative estimate of drug-likeness (QED) is 0.475. The molecule has 0 aliphatic heterocycles. The molecule has 3 N–H and O–H groups in total. The number of H-pyrrole nitrogens is 2. The number of aliphatic hydroxyl groups excluding tert-OH is 1.